The van der Waals surface area contributed by atoms with Crippen LogP contribution in [0.1, 0.15) is 18.9 Å². The van der Waals surface area contributed by atoms with Crippen LogP contribution in [-0.4, -0.2) is 30.4 Å². The van der Waals surface area contributed by atoms with Gasteiger partial charge in [0, 0.05) is 12.2 Å². The van der Waals surface area contributed by atoms with Gasteiger partial charge in [0.2, 0.25) is 6.29 Å². The first kappa shape index (κ1) is 20.1. The first-order valence-corrected chi connectivity index (χ1v) is 7.75. The molecule has 2 aromatic rings. The van der Waals surface area contributed by atoms with Crippen LogP contribution in [0.25, 0.3) is 11.3 Å². The van der Waals surface area contributed by atoms with E-state index in [9.17, 15) is 18.3 Å². The van der Waals surface area contributed by atoms with E-state index < -0.39 is 30.2 Å². The van der Waals surface area contributed by atoms with E-state index >= 15 is 0 Å². The summed E-state index contributed by atoms with van der Waals surface area (Å²) in [5.41, 5.74) is 4.95. The summed E-state index contributed by atoms with van der Waals surface area (Å²) >= 11 is 5.85. The monoisotopic (exact) mass is 392 g/mol. The number of hydrogen-bond donors (Lipinski definition) is 2. The van der Waals surface area contributed by atoms with Crippen molar-refractivity contribution in [2.75, 3.05) is 19.5 Å². The molecule has 1 heterocycles. The standard InChI is InChI=1S/C16H16ClF3N2O4/c1-3-25-15(23)12-14(26-16(19)20)9(21)6-10(22-12)7-4-5-8(17)13(24-2)11(7)18/h4-6,15-16,23H,3H2,1-2H3,(H2,21,22). The van der Waals surface area contributed by atoms with Crippen LogP contribution in [0.5, 0.6) is 11.5 Å². The number of methoxy groups -OCH3 is 1. The molecule has 0 aliphatic rings. The van der Waals surface area contributed by atoms with Crippen molar-refractivity contribution in [1.29, 1.82) is 0 Å². The molecule has 10 heteroatoms. The molecule has 0 aliphatic carbocycles. The number of benzene rings is 1. The maximum absolute atomic E-state index is 14.6. The molecular weight excluding hydrogens is 377 g/mol. The third-order valence-electron chi connectivity index (χ3n) is 3.32. The molecule has 0 aliphatic heterocycles. The zero-order valence-electron chi connectivity index (χ0n) is 13.8. The minimum Gasteiger partial charge on any atom is -0.492 e. The fourth-order valence-corrected chi connectivity index (χ4v) is 2.47. The van der Waals surface area contributed by atoms with Gasteiger partial charge in [-0.1, -0.05) is 11.6 Å². The molecule has 0 fully saturated rings. The van der Waals surface area contributed by atoms with Crippen molar-refractivity contribution in [3.63, 3.8) is 0 Å². The van der Waals surface area contributed by atoms with Crippen LogP contribution in [0, 0.1) is 5.82 Å². The van der Waals surface area contributed by atoms with E-state index in [-0.39, 0.29) is 34.3 Å². The van der Waals surface area contributed by atoms with Crippen LogP contribution in [0.2, 0.25) is 5.02 Å². The average Bonchev–Trinajstić information content (AvgIpc) is 2.57. The van der Waals surface area contributed by atoms with Crippen molar-refractivity contribution in [1.82, 2.24) is 4.98 Å². The number of pyridine rings is 1. The van der Waals surface area contributed by atoms with Gasteiger partial charge in [0.15, 0.2) is 17.3 Å². The Kier molecular flexibility index (Phi) is 6.52. The summed E-state index contributed by atoms with van der Waals surface area (Å²) in [7, 11) is 1.24. The Bertz CT molecular complexity index is 793. The van der Waals surface area contributed by atoms with Crippen molar-refractivity contribution in [3.8, 4) is 22.8 Å². The van der Waals surface area contributed by atoms with Crippen LogP contribution >= 0.6 is 11.6 Å². The Hall–Kier alpha value is -2.23. The quantitative estimate of drug-likeness (QED) is 0.698. The molecule has 1 aromatic carbocycles. The van der Waals surface area contributed by atoms with Gasteiger partial charge >= 0.3 is 6.61 Å². The number of alkyl halides is 2. The molecule has 6 nitrogen and oxygen atoms in total. The lowest BCUT2D eigenvalue weighted by atomic mass is 10.1. The van der Waals surface area contributed by atoms with E-state index in [1.165, 1.54) is 19.2 Å². The van der Waals surface area contributed by atoms with Crippen molar-refractivity contribution < 1.29 is 32.5 Å². The molecule has 3 N–H and O–H groups in total. The normalized spacial score (nSPS) is 12.3. The van der Waals surface area contributed by atoms with Crippen LogP contribution in [0.4, 0.5) is 18.9 Å². The first-order valence-electron chi connectivity index (χ1n) is 7.37. The first-order chi connectivity index (χ1) is 12.3. The second-order valence-corrected chi connectivity index (χ2v) is 5.35. The van der Waals surface area contributed by atoms with Crippen molar-refractivity contribution in [2.24, 2.45) is 0 Å². The fraction of sp³-hybridized carbons (Fsp3) is 0.312. The lowest BCUT2D eigenvalue weighted by Crippen LogP contribution is -2.14. The highest BCUT2D eigenvalue weighted by atomic mass is 35.5. The Morgan fingerprint density at radius 3 is 2.58 bits per heavy atom. The van der Waals surface area contributed by atoms with Gasteiger partial charge in [0.1, 0.15) is 5.69 Å². The highest BCUT2D eigenvalue weighted by Gasteiger charge is 2.24. The number of halogens is 4. The second kappa shape index (κ2) is 8.43. The van der Waals surface area contributed by atoms with E-state index in [2.05, 4.69) is 9.72 Å². The highest BCUT2D eigenvalue weighted by Crippen LogP contribution is 2.38. The molecule has 0 saturated heterocycles. The molecule has 142 valence electrons. The molecule has 2 rings (SSSR count). The Morgan fingerprint density at radius 1 is 1.31 bits per heavy atom. The number of nitrogens with zero attached hydrogens (tertiary/aromatic N) is 1. The van der Waals surface area contributed by atoms with Gasteiger partial charge in [-0.2, -0.15) is 8.78 Å². The minimum atomic E-state index is -3.20. The SMILES string of the molecule is CCOC(O)c1nc(-c2ccc(Cl)c(OC)c2F)cc(N)c1OC(F)F. The Balaban J connectivity index is 2.65. The predicted octanol–water partition coefficient (Wildman–Crippen LogP) is 3.76. The molecule has 26 heavy (non-hydrogen) atoms. The predicted molar refractivity (Wildman–Crippen MR) is 88.8 cm³/mol. The molecule has 0 radical (unpaired) electrons. The number of rotatable bonds is 7. The summed E-state index contributed by atoms with van der Waals surface area (Å²) in [6.45, 7) is -1.57. The smallest absolute Gasteiger partial charge is 0.387 e. The van der Waals surface area contributed by atoms with Crippen LogP contribution in [0.3, 0.4) is 0 Å². The number of nitrogens with two attached hydrogens (primary N) is 1. The van der Waals surface area contributed by atoms with Crippen molar-refractivity contribution >= 4 is 17.3 Å². The third-order valence-corrected chi connectivity index (χ3v) is 3.62. The largest absolute Gasteiger partial charge is 0.492 e. The number of nitrogen functional groups attached to an aromatic ring is 1. The number of aliphatic hydroxyl groups is 1. The maximum Gasteiger partial charge on any atom is 0.387 e. The van der Waals surface area contributed by atoms with Crippen molar-refractivity contribution in [3.05, 3.63) is 34.7 Å². The van der Waals surface area contributed by atoms with Gasteiger partial charge in [-0.05, 0) is 25.1 Å². The number of aliphatic hydroxyl groups excluding tert-OH is 1. The summed E-state index contributed by atoms with van der Waals surface area (Å²) in [6.07, 6.45) is -1.70. The number of anilines is 1. The van der Waals surface area contributed by atoms with Crippen LogP contribution in [0.15, 0.2) is 18.2 Å². The Morgan fingerprint density at radius 2 is 2.00 bits per heavy atom. The van der Waals surface area contributed by atoms with E-state index in [0.717, 1.165) is 6.07 Å². The summed E-state index contributed by atoms with van der Waals surface area (Å²) in [5.74, 6) is -1.60. The molecule has 0 amide bonds. The van der Waals surface area contributed by atoms with E-state index in [4.69, 9.17) is 26.8 Å². The summed E-state index contributed by atoms with van der Waals surface area (Å²) < 4.78 is 54.1. The van der Waals surface area contributed by atoms with Gasteiger partial charge < -0.3 is 25.1 Å². The number of ether oxygens (including phenoxy) is 3. The van der Waals surface area contributed by atoms with Gasteiger partial charge in [0.05, 0.1) is 23.5 Å². The number of aromatic nitrogens is 1. The van der Waals surface area contributed by atoms with Gasteiger partial charge in [-0.25, -0.2) is 9.37 Å². The van der Waals surface area contributed by atoms with Crippen LogP contribution in [-0.2, 0) is 4.74 Å². The van der Waals surface area contributed by atoms with E-state index in [0.29, 0.717) is 0 Å². The molecule has 1 aromatic heterocycles. The fourth-order valence-electron chi connectivity index (χ4n) is 2.25. The number of hydrogen-bond acceptors (Lipinski definition) is 6. The second-order valence-electron chi connectivity index (χ2n) is 4.94. The van der Waals surface area contributed by atoms with E-state index in [1.54, 1.807) is 6.92 Å². The van der Waals surface area contributed by atoms with Gasteiger partial charge in [-0.3, -0.25) is 0 Å². The molecule has 0 saturated carbocycles. The minimum absolute atomic E-state index is 0.0361. The molecule has 1 atom stereocenters. The third kappa shape index (κ3) is 4.12. The lowest BCUT2D eigenvalue weighted by Gasteiger charge is -2.18. The van der Waals surface area contributed by atoms with Gasteiger partial charge in [0.25, 0.3) is 0 Å². The van der Waals surface area contributed by atoms with E-state index in [1.807, 2.05) is 0 Å². The summed E-state index contributed by atoms with van der Waals surface area (Å²) in [6, 6.07) is 3.82. The average molecular weight is 393 g/mol. The molecule has 0 spiro atoms. The van der Waals surface area contributed by atoms with Crippen LogP contribution < -0.4 is 15.2 Å². The summed E-state index contributed by atoms with van der Waals surface area (Å²) in [4.78, 5) is 3.99. The highest BCUT2D eigenvalue weighted by molar-refractivity contribution is 6.32. The maximum atomic E-state index is 14.6. The Labute approximate surface area is 152 Å². The topological polar surface area (TPSA) is 86.8 Å². The van der Waals surface area contributed by atoms with Gasteiger partial charge in [-0.15, -0.1) is 0 Å². The van der Waals surface area contributed by atoms with Crippen molar-refractivity contribution in [2.45, 2.75) is 19.8 Å². The lowest BCUT2D eigenvalue weighted by molar-refractivity contribution is -0.106. The molecule has 0 bridgehead atoms. The summed E-state index contributed by atoms with van der Waals surface area (Å²) in [5, 5.41) is 10.1. The molecular formula is C16H16ClF3N2O4. The zero-order valence-corrected chi connectivity index (χ0v) is 14.6. The molecule has 1 unspecified atom stereocenters. The zero-order chi connectivity index (χ0) is 19.4.